The van der Waals surface area contributed by atoms with Crippen LogP contribution in [0.4, 0.5) is 0 Å². The van der Waals surface area contributed by atoms with Crippen molar-refractivity contribution in [2.45, 2.75) is 32.7 Å². The monoisotopic (exact) mass is 279 g/mol. The van der Waals surface area contributed by atoms with Crippen molar-refractivity contribution in [1.82, 2.24) is 15.2 Å². The van der Waals surface area contributed by atoms with Gasteiger partial charge in [0, 0.05) is 18.9 Å². The van der Waals surface area contributed by atoms with E-state index >= 15 is 0 Å². The van der Waals surface area contributed by atoms with Crippen LogP contribution in [0.2, 0.25) is 0 Å². The number of nitrogens with zero attached hydrogens (tertiary/aromatic N) is 2. The van der Waals surface area contributed by atoms with Gasteiger partial charge in [0.2, 0.25) is 0 Å². The van der Waals surface area contributed by atoms with Gasteiger partial charge in [0.05, 0.1) is 6.54 Å². The van der Waals surface area contributed by atoms with E-state index in [0.29, 0.717) is 11.7 Å². The number of thiocarbonyl (C=S) groups is 1. The summed E-state index contributed by atoms with van der Waals surface area (Å²) in [5, 5.41) is 11.2. The lowest BCUT2D eigenvalue weighted by Crippen LogP contribution is -2.46. The molecule has 0 fully saturated rings. The Kier molecular flexibility index (Phi) is 6.81. The topological polar surface area (TPSA) is 78.0 Å². The first-order valence-electron chi connectivity index (χ1n) is 6.43. The third kappa shape index (κ3) is 5.65. The zero-order chi connectivity index (χ0) is 14.1. The highest BCUT2D eigenvalue weighted by molar-refractivity contribution is 7.80. The van der Waals surface area contributed by atoms with Crippen molar-refractivity contribution >= 4 is 23.3 Å². The lowest BCUT2D eigenvalue weighted by atomic mass is 10.2. The van der Waals surface area contributed by atoms with Gasteiger partial charge < -0.3 is 11.1 Å². The van der Waals surface area contributed by atoms with E-state index in [9.17, 15) is 0 Å². The Labute approximate surface area is 119 Å². The second-order valence-electron chi connectivity index (χ2n) is 4.27. The van der Waals surface area contributed by atoms with Gasteiger partial charge in [0.15, 0.2) is 11.1 Å². The molecule has 5 nitrogen and oxygen atoms in total. The second kappa shape index (κ2) is 8.42. The smallest absolute Gasteiger partial charge is 0.195 e. The standard InChI is InChI=1S/C13H21N5S/c1-2-3-4-8-17-13(19)18(12(14)15)10-11-6-5-7-16-9-11/h5-7,9H,2-4,8,10H2,1H3,(H3,14,15)(H,17,19). The van der Waals surface area contributed by atoms with E-state index < -0.39 is 0 Å². The average molecular weight is 279 g/mol. The summed E-state index contributed by atoms with van der Waals surface area (Å²) in [6.07, 6.45) is 6.85. The fraction of sp³-hybridized carbons (Fsp3) is 0.462. The van der Waals surface area contributed by atoms with E-state index in [1.165, 1.54) is 6.42 Å². The van der Waals surface area contributed by atoms with Crippen LogP contribution in [0.1, 0.15) is 31.7 Å². The summed E-state index contributed by atoms with van der Waals surface area (Å²) in [4.78, 5) is 5.61. The van der Waals surface area contributed by atoms with Gasteiger partial charge in [0.1, 0.15) is 0 Å². The van der Waals surface area contributed by atoms with E-state index in [0.717, 1.165) is 24.9 Å². The van der Waals surface area contributed by atoms with Gasteiger partial charge in [-0.3, -0.25) is 15.3 Å². The maximum atomic E-state index is 7.60. The lowest BCUT2D eigenvalue weighted by molar-refractivity contribution is 0.567. The molecular formula is C13H21N5S. The first-order valence-corrected chi connectivity index (χ1v) is 6.84. The summed E-state index contributed by atoms with van der Waals surface area (Å²) in [5.74, 6) is -0.0585. The molecule has 0 aliphatic carbocycles. The molecule has 0 atom stereocenters. The van der Waals surface area contributed by atoms with Gasteiger partial charge in [-0.2, -0.15) is 0 Å². The molecule has 0 spiro atoms. The maximum Gasteiger partial charge on any atom is 0.195 e. The lowest BCUT2D eigenvalue weighted by Gasteiger charge is -2.23. The Bertz CT molecular complexity index is 407. The van der Waals surface area contributed by atoms with Gasteiger partial charge in [-0.25, -0.2) is 0 Å². The zero-order valence-electron chi connectivity index (χ0n) is 11.2. The summed E-state index contributed by atoms with van der Waals surface area (Å²) >= 11 is 5.27. The molecule has 1 heterocycles. The molecule has 1 rings (SSSR count). The first kappa shape index (κ1) is 15.4. The van der Waals surface area contributed by atoms with Crippen molar-refractivity contribution in [2.75, 3.05) is 6.54 Å². The predicted octanol–water partition coefficient (Wildman–Crippen LogP) is 1.84. The van der Waals surface area contributed by atoms with Crippen LogP contribution in [-0.2, 0) is 6.54 Å². The molecule has 0 saturated carbocycles. The van der Waals surface area contributed by atoms with Crippen molar-refractivity contribution in [1.29, 1.82) is 5.41 Å². The van der Waals surface area contributed by atoms with Crippen LogP contribution >= 0.6 is 12.2 Å². The molecular weight excluding hydrogens is 258 g/mol. The van der Waals surface area contributed by atoms with E-state index in [1.807, 2.05) is 12.1 Å². The van der Waals surface area contributed by atoms with Crippen LogP contribution < -0.4 is 11.1 Å². The summed E-state index contributed by atoms with van der Waals surface area (Å²) in [7, 11) is 0. The number of pyridine rings is 1. The molecule has 0 radical (unpaired) electrons. The van der Waals surface area contributed by atoms with E-state index in [-0.39, 0.29) is 5.96 Å². The van der Waals surface area contributed by atoms with Crippen LogP contribution in [0.5, 0.6) is 0 Å². The molecule has 0 saturated heterocycles. The molecule has 1 aromatic heterocycles. The Morgan fingerprint density at radius 3 is 2.89 bits per heavy atom. The van der Waals surface area contributed by atoms with Crippen LogP contribution in [0.15, 0.2) is 24.5 Å². The van der Waals surface area contributed by atoms with E-state index in [1.54, 1.807) is 17.3 Å². The van der Waals surface area contributed by atoms with Crippen LogP contribution in [0.3, 0.4) is 0 Å². The molecule has 19 heavy (non-hydrogen) atoms. The van der Waals surface area contributed by atoms with Gasteiger partial charge in [-0.1, -0.05) is 25.8 Å². The van der Waals surface area contributed by atoms with Crippen LogP contribution in [-0.4, -0.2) is 27.5 Å². The summed E-state index contributed by atoms with van der Waals surface area (Å²) in [5.41, 5.74) is 6.55. The van der Waals surface area contributed by atoms with Crippen LogP contribution in [0, 0.1) is 5.41 Å². The molecule has 1 aromatic rings. The molecule has 0 unspecified atom stereocenters. The van der Waals surface area contributed by atoms with E-state index in [2.05, 4.69) is 17.2 Å². The van der Waals surface area contributed by atoms with Gasteiger partial charge in [0.25, 0.3) is 0 Å². The van der Waals surface area contributed by atoms with Crippen molar-refractivity contribution < 1.29 is 0 Å². The maximum absolute atomic E-state index is 7.60. The third-order valence-electron chi connectivity index (χ3n) is 2.66. The number of rotatable bonds is 6. The number of hydrogen-bond donors (Lipinski definition) is 3. The van der Waals surface area contributed by atoms with Gasteiger partial charge >= 0.3 is 0 Å². The third-order valence-corrected chi connectivity index (χ3v) is 3.02. The molecule has 0 aliphatic heterocycles. The van der Waals surface area contributed by atoms with Crippen molar-refractivity contribution in [3.05, 3.63) is 30.1 Å². The summed E-state index contributed by atoms with van der Waals surface area (Å²) < 4.78 is 0. The van der Waals surface area contributed by atoms with Gasteiger partial charge in [-0.15, -0.1) is 0 Å². The molecule has 0 bridgehead atoms. The van der Waals surface area contributed by atoms with Crippen molar-refractivity contribution in [2.24, 2.45) is 5.73 Å². The largest absolute Gasteiger partial charge is 0.370 e. The number of unbranched alkanes of at least 4 members (excludes halogenated alkanes) is 2. The van der Waals surface area contributed by atoms with Gasteiger partial charge in [-0.05, 0) is 30.3 Å². The fourth-order valence-electron chi connectivity index (χ4n) is 1.61. The summed E-state index contributed by atoms with van der Waals surface area (Å²) in [6, 6.07) is 3.79. The molecule has 0 amide bonds. The second-order valence-corrected chi connectivity index (χ2v) is 4.66. The zero-order valence-corrected chi connectivity index (χ0v) is 12.0. The predicted molar refractivity (Wildman–Crippen MR) is 81.8 cm³/mol. The van der Waals surface area contributed by atoms with Crippen molar-refractivity contribution in [3.8, 4) is 0 Å². The minimum atomic E-state index is -0.0585. The summed E-state index contributed by atoms with van der Waals surface area (Å²) in [6.45, 7) is 3.43. The Hall–Kier alpha value is -1.69. The number of nitrogens with one attached hydrogen (secondary N) is 2. The van der Waals surface area contributed by atoms with Crippen LogP contribution in [0.25, 0.3) is 0 Å². The van der Waals surface area contributed by atoms with E-state index in [4.69, 9.17) is 23.4 Å². The quantitative estimate of drug-likeness (QED) is 0.320. The Balaban J connectivity index is 2.52. The number of hydrogen-bond acceptors (Lipinski definition) is 3. The van der Waals surface area contributed by atoms with Crippen molar-refractivity contribution in [3.63, 3.8) is 0 Å². The molecule has 6 heteroatoms. The molecule has 4 N–H and O–H groups in total. The first-order chi connectivity index (χ1) is 9.15. The molecule has 104 valence electrons. The highest BCUT2D eigenvalue weighted by atomic mass is 32.1. The normalized spacial score (nSPS) is 9.95. The fourth-order valence-corrected chi connectivity index (χ4v) is 1.87. The molecule has 0 aliphatic rings. The number of guanidine groups is 1. The highest BCUT2D eigenvalue weighted by Gasteiger charge is 2.12. The molecule has 0 aromatic carbocycles. The number of aromatic nitrogens is 1. The number of nitrogens with two attached hydrogens (primary N) is 1. The highest BCUT2D eigenvalue weighted by Crippen LogP contribution is 2.03. The Morgan fingerprint density at radius 1 is 1.53 bits per heavy atom. The minimum Gasteiger partial charge on any atom is -0.370 e. The minimum absolute atomic E-state index is 0.0585. The Morgan fingerprint density at radius 2 is 2.32 bits per heavy atom. The SMILES string of the molecule is CCCCCNC(=S)N(Cc1cccnc1)C(=N)N. The average Bonchev–Trinajstić information content (AvgIpc) is 2.41.